The van der Waals surface area contributed by atoms with Gasteiger partial charge >= 0.3 is 0 Å². The minimum absolute atomic E-state index is 0.0260. The van der Waals surface area contributed by atoms with E-state index in [1.165, 1.54) is 0 Å². The van der Waals surface area contributed by atoms with E-state index in [1.54, 1.807) is 42.5 Å². The molecule has 0 saturated carbocycles. The molecule has 0 bridgehead atoms. The maximum absolute atomic E-state index is 12.0. The minimum atomic E-state index is -0.223. The summed E-state index contributed by atoms with van der Waals surface area (Å²) in [6, 6.07) is 11.9. The molecule has 7 heteroatoms. The summed E-state index contributed by atoms with van der Waals surface area (Å²) < 4.78 is 0. The summed E-state index contributed by atoms with van der Waals surface area (Å²) in [6.45, 7) is 2.00. The first-order chi connectivity index (χ1) is 12.0. The summed E-state index contributed by atoms with van der Waals surface area (Å²) in [4.78, 5) is 23.5. The summed E-state index contributed by atoms with van der Waals surface area (Å²) in [5.41, 5.74) is 1.93. The summed E-state index contributed by atoms with van der Waals surface area (Å²) in [5.74, 6) is -0.249. The van der Waals surface area contributed by atoms with Crippen LogP contribution in [0.15, 0.2) is 42.5 Å². The van der Waals surface area contributed by atoms with E-state index in [2.05, 4.69) is 16.0 Å². The molecule has 25 heavy (non-hydrogen) atoms. The van der Waals surface area contributed by atoms with Gasteiger partial charge in [-0.05, 0) is 48.9 Å². The van der Waals surface area contributed by atoms with Gasteiger partial charge in [0.05, 0.1) is 17.3 Å². The number of hydrogen-bond acceptors (Lipinski definition) is 3. The van der Waals surface area contributed by atoms with Gasteiger partial charge in [0, 0.05) is 22.8 Å². The lowest BCUT2D eigenvalue weighted by atomic mass is 10.2. The number of amides is 2. The van der Waals surface area contributed by atoms with Crippen molar-refractivity contribution < 1.29 is 9.59 Å². The predicted octanol–water partition coefficient (Wildman–Crippen LogP) is 4.78. The van der Waals surface area contributed by atoms with Crippen LogP contribution < -0.4 is 16.0 Å². The highest BCUT2D eigenvalue weighted by molar-refractivity contribution is 6.35. The van der Waals surface area contributed by atoms with Crippen LogP contribution in [0.5, 0.6) is 0 Å². The van der Waals surface area contributed by atoms with Gasteiger partial charge < -0.3 is 16.0 Å². The summed E-state index contributed by atoms with van der Waals surface area (Å²) in [6.07, 6.45) is 1.28. The topological polar surface area (TPSA) is 70.2 Å². The monoisotopic (exact) mass is 379 g/mol. The molecule has 0 aliphatic heterocycles. The van der Waals surface area contributed by atoms with Gasteiger partial charge in [0.15, 0.2) is 0 Å². The molecule has 2 amide bonds. The molecular formula is C18H19Cl2N3O2. The van der Waals surface area contributed by atoms with E-state index < -0.39 is 0 Å². The SMILES string of the molecule is CCCC(=O)Nc1ccc(NC(=O)CNc2cc(Cl)ccc2Cl)cc1. The number of benzene rings is 2. The second-order valence-corrected chi connectivity index (χ2v) is 6.25. The fourth-order valence-electron chi connectivity index (χ4n) is 2.10. The van der Waals surface area contributed by atoms with Crippen molar-refractivity contribution in [3.63, 3.8) is 0 Å². The molecule has 0 unspecified atom stereocenters. The van der Waals surface area contributed by atoms with E-state index in [1.807, 2.05) is 6.92 Å². The molecule has 0 aliphatic rings. The zero-order valence-electron chi connectivity index (χ0n) is 13.7. The quantitative estimate of drug-likeness (QED) is 0.647. The fraction of sp³-hybridized carbons (Fsp3) is 0.222. The Hall–Kier alpha value is -2.24. The molecule has 5 nitrogen and oxygen atoms in total. The van der Waals surface area contributed by atoms with Crippen molar-refractivity contribution in [2.24, 2.45) is 0 Å². The van der Waals surface area contributed by atoms with Crippen molar-refractivity contribution in [3.05, 3.63) is 52.5 Å². The number of carbonyl (C=O) groups excluding carboxylic acids is 2. The van der Waals surface area contributed by atoms with Gasteiger partial charge in [0.25, 0.3) is 0 Å². The van der Waals surface area contributed by atoms with Crippen LogP contribution in [0.1, 0.15) is 19.8 Å². The summed E-state index contributed by atoms with van der Waals surface area (Å²) in [7, 11) is 0. The molecule has 0 aliphatic carbocycles. The van der Waals surface area contributed by atoms with Gasteiger partial charge in [-0.25, -0.2) is 0 Å². The summed E-state index contributed by atoms with van der Waals surface area (Å²) in [5, 5.41) is 9.52. The van der Waals surface area contributed by atoms with E-state index >= 15 is 0 Å². The second kappa shape index (κ2) is 9.30. The molecule has 0 spiro atoms. The minimum Gasteiger partial charge on any atom is -0.375 e. The van der Waals surface area contributed by atoms with Crippen molar-refractivity contribution in [2.45, 2.75) is 19.8 Å². The lowest BCUT2D eigenvalue weighted by Crippen LogP contribution is -2.21. The molecule has 2 aromatic carbocycles. The van der Waals surface area contributed by atoms with Crippen molar-refractivity contribution in [1.82, 2.24) is 0 Å². The first-order valence-electron chi connectivity index (χ1n) is 7.86. The van der Waals surface area contributed by atoms with Gasteiger partial charge in [-0.15, -0.1) is 0 Å². The second-order valence-electron chi connectivity index (χ2n) is 5.40. The molecule has 0 heterocycles. The van der Waals surface area contributed by atoms with Crippen LogP contribution in [0.25, 0.3) is 0 Å². The lowest BCUT2D eigenvalue weighted by molar-refractivity contribution is -0.116. The van der Waals surface area contributed by atoms with E-state index in [0.717, 1.165) is 6.42 Å². The van der Waals surface area contributed by atoms with E-state index in [9.17, 15) is 9.59 Å². The first-order valence-corrected chi connectivity index (χ1v) is 8.62. The van der Waals surface area contributed by atoms with Crippen LogP contribution >= 0.6 is 23.2 Å². The van der Waals surface area contributed by atoms with E-state index in [4.69, 9.17) is 23.2 Å². The normalized spacial score (nSPS) is 10.2. The highest BCUT2D eigenvalue weighted by Gasteiger charge is 2.06. The Bertz CT molecular complexity index is 748. The number of hydrogen-bond donors (Lipinski definition) is 3. The highest BCUT2D eigenvalue weighted by Crippen LogP contribution is 2.25. The molecule has 0 radical (unpaired) electrons. The molecule has 0 saturated heterocycles. The van der Waals surface area contributed by atoms with Crippen LogP contribution in [0.3, 0.4) is 0 Å². The molecule has 3 N–H and O–H groups in total. The van der Waals surface area contributed by atoms with Gasteiger partial charge in [-0.2, -0.15) is 0 Å². The zero-order chi connectivity index (χ0) is 18.2. The number of anilines is 3. The van der Waals surface area contributed by atoms with Gasteiger partial charge in [0.1, 0.15) is 0 Å². The third kappa shape index (κ3) is 6.29. The van der Waals surface area contributed by atoms with Crippen molar-refractivity contribution >= 4 is 52.1 Å². The Morgan fingerprint density at radius 1 is 0.920 bits per heavy atom. The van der Waals surface area contributed by atoms with E-state index in [0.29, 0.717) is 33.5 Å². The molecule has 2 rings (SSSR count). The third-order valence-corrected chi connectivity index (χ3v) is 3.86. The molecular weight excluding hydrogens is 361 g/mol. The first kappa shape index (κ1) is 19.1. The zero-order valence-corrected chi connectivity index (χ0v) is 15.2. The van der Waals surface area contributed by atoms with Gasteiger partial charge in [-0.1, -0.05) is 30.1 Å². The smallest absolute Gasteiger partial charge is 0.243 e. The molecule has 132 valence electrons. The number of halogens is 2. The third-order valence-electron chi connectivity index (χ3n) is 3.30. The number of rotatable bonds is 7. The van der Waals surface area contributed by atoms with E-state index in [-0.39, 0.29) is 18.4 Å². The van der Waals surface area contributed by atoms with Crippen LogP contribution in [-0.4, -0.2) is 18.4 Å². The Kier molecular flexibility index (Phi) is 7.10. The van der Waals surface area contributed by atoms with Crippen LogP contribution in [-0.2, 0) is 9.59 Å². The molecule has 2 aromatic rings. The number of carbonyl (C=O) groups is 2. The van der Waals surface area contributed by atoms with Crippen LogP contribution in [0, 0.1) is 0 Å². The Labute approximate surface area is 156 Å². The predicted molar refractivity (Wildman–Crippen MR) is 104 cm³/mol. The average Bonchev–Trinajstić information content (AvgIpc) is 2.58. The maximum atomic E-state index is 12.0. The van der Waals surface area contributed by atoms with Crippen molar-refractivity contribution in [3.8, 4) is 0 Å². The standard InChI is InChI=1S/C18H19Cl2N3O2/c1-2-3-17(24)22-13-5-7-14(8-6-13)23-18(25)11-21-16-10-12(19)4-9-15(16)20/h4-10,21H,2-3,11H2,1H3,(H,22,24)(H,23,25). The Balaban J connectivity index is 1.86. The van der Waals surface area contributed by atoms with Crippen LogP contribution in [0.4, 0.5) is 17.1 Å². The largest absolute Gasteiger partial charge is 0.375 e. The van der Waals surface area contributed by atoms with Crippen molar-refractivity contribution in [2.75, 3.05) is 22.5 Å². The highest BCUT2D eigenvalue weighted by atomic mass is 35.5. The van der Waals surface area contributed by atoms with Crippen LogP contribution in [0.2, 0.25) is 10.0 Å². The molecule has 0 atom stereocenters. The Morgan fingerprint density at radius 3 is 2.12 bits per heavy atom. The van der Waals surface area contributed by atoms with Crippen molar-refractivity contribution in [1.29, 1.82) is 0 Å². The van der Waals surface area contributed by atoms with Gasteiger partial charge in [0.2, 0.25) is 11.8 Å². The Morgan fingerprint density at radius 2 is 1.52 bits per heavy atom. The number of nitrogens with one attached hydrogen (secondary N) is 3. The maximum Gasteiger partial charge on any atom is 0.243 e. The molecule has 0 fully saturated rings. The summed E-state index contributed by atoms with van der Waals surface area (Å²) >= 11 is 11.9. The average molecular weight is 380 g/mol. The fourth-order valence-corrected chi connectivity index (χ4v) is 2.46. The molecule has 0 aromatic heterocycles. The lowest BCUT2D eigenvalue weighted by Gasteiger charge is -2.10. The van der Waals surface area contributed by atoms with Gasteiger partial charge in [-0.3, -0.25) is 9.59 Å².